The van der Waals surface area contributed by atoms with Crippen molar-refractivity contribution in [1.82, 2.24) is 15.3 Å². The Hall–Kier alpha value is -3.60. The number of para-hydroxylation sites is 2. The minimum Gasteiger partial charge on any atom is -0.484 e. The van der Waals surface area contributed by atoms with E-state index in [0.717, 1.165) is 28.0 Å². The van der Waals surface area contributed by atoms with Crippen molar-refractivity contribution in [1.29, 1.82) is 0 Å². The van der Waals surface area contributed by atoms with E-state index in [-0.39, 0.29) is 12.5 Å². The lowest BCUT2D eigenvalue weighted by molar-refractivity contribution is -0.123. The first kappa shape index (κ1) is 16.8. The third-order valence-corrected chi connectivity index (χ3v) is 4.22. The van der Waals surface area contributed by atoms with Crippen LogP contribution in [0.4, 0.5) is 0 Å². The van der Waals surface area contributed by atoms with Crippen molar-refractivity contribution >= 4 is 16.9 Å². The number of imidazole rings is 1. The van der Waals surface area contributed by atoms with Gasteiger partial charge in [0, 0.05) is 0 Å². The predicted molar refractivity (Wildman–Crippen MR) is 105 cm³/mol. The molecule has 0 saturated carbocycles. The standard InChI is InChI=1S/C22H19N3O2/c26-22(23-14-21-24-19-8-4-5-9-20(19)25-21)15-27-18-12-10-17(11-13-18)16-6-2-1-3-7-16/h1-13H,14-15H2,(H,23,26)(H,24,25). The lowest BCUT2D eigenvalue weighted by Crippen LogP contribution is -2.28. The van der Waals surface area contributed by atoms with Crippen LogP contribution in [0.5, 0.6) is 5.75 Å². The van der Waals surface area contributed by atoms with Crippen molar-refractivity contribution in [3.05, 3.63) is 84.7 Å². The van der Waals surface area contributed by atoms with Gasteiger partial charge in [0.2, 0.25) is 0 Å². The second-order valence-electron chi connectivity index (χ2n) is 6.16. The summed E-state index contributed by atoms with van der Waals surface area (Å²) in [7, 11) is 0. The number of H-pyrrole nitrogens is 1. The monoisotopic (exact) mass is 357 g/mol. The number of carbonyl (C=O) groups is 1. The van der Waals surface area contributed by atoms with E-state index in [1.807, 2.05) is 66.7 Å². The third kappa shape index (κ3) is 4.15. The quantitative estimate of drug-likeness (QED) is 0.549. The number of nitrogens with one attached hydrogen (secondary N) is 2. The highest BCUT2D eigenvalue weighted by molar-refractivity contribution is 5.78. The van der Waals surface area contributed by atoms with Crippen molar-refractivity contribution in [3.8, 4) is 16.9 Å². The van der Waals surface area contributed by atoms with Gasteiger partial charge in [0.15, 0.2) is 6.61 Å². The van der Waals surface area contributed by atoms with Crippen LogP contribution in [0.3, 0.4) is 0 Å². The molecule has 1 aromatic heterocycles. The first-order valence-corrected chi connectivity index (χ1v) is 8.76. The van der Waals surface area contributed by atoms with Crippen LogP contribution < -0.4 is 10.1 Å². The number of hydrogen-bond acceptors (Lipinski definition) is 3. The van der Waals surface area contributed by atoms with Crippen LogP contribution in [0.2, 0.25) is 0 Å². The molecule has 1 heterocycles. The lowest BCUT2D eigenvalue weighted by atomic mass is 10.1. The second kappa shape index (κ2) is 7.74. The Morgan fingerprint density at radius 2 is 1.59 bits per heavy atom. The number of benzene rings is 3. The van der Waals surface area contributed by atoms with E-state index in [4.69, 9.17) is 4.74 Å². The molecule has 3 aromatic carbocycles. The lowest BCUT2D eigenvalue weighted by Gasteiger charge is -2.08. The molecule has 0 bridgehead atoms. The van der Waals surface area contributed by atoms with Gasteiger partial charge in [-0.15, -0.1) is 0 Å². The van der Waals surface area contributed by atoms with Crippen molar-refractivity contribution in [2.45, 2.75) is 6.54 Å². The maximum atomic E-state index is 12.0. The van der Waals surface area contributed by atoms with Crippen LogP contribution in [0, 0.1) is 0 Å². The van der Waals surface area contributed by atoms with Gasteiger partial charge in [-0.05, 0) is 35.4 Å². The van der Waals surface area contributed by atoms with E-state index in [9.17, 15) is 4.79 Å². The molecule has 0 unspecified atom stereocenters. The minimum atomic E-state index is -0.192. The van der Waals surface area contributed by atoms with Gasteiger partial charge >= 0.3 is 0 Å². The van der Waals surface area contributed by atoms with E-state index in [1.54, 1.807) is 0 Å². The molecule has 1 amide bonds. The smallest absolute Gasteiger partial charge is 0.258 e. The summed E-state index contributed by atoms with van der Waals surface area (Å²) < 4.78 is 5.56. The summed E-state index contributed by atoms with van der Waals surface area (Å²) in [6.45, 7) is 0.300. The summed E-state index contributed by atoms with van der Waals surface area (Å²) in [6, 6.07) is 25.6. The van der Waals surface area contributed by atoms with Crippen LogP contribution in [-0.4, -0.2) is 22.5 Å². The average Bonchev–Trinajstić information content (AvgIpc) is 3.15. The molecule has 2 N–H and O–H groups in total. The Labute approximate surface area is 157 Å². The molecule has 5 heteroatoms. The van der Waals surface area contributed by atoms with E-state index in [0.29, 0.717) is 12.3 Å². The fraction of sp³-hybridized carbons (Fsp3) is 0.0909. The molecule has 0 aliphatic heterocycles. The predicted octanol–water partition coefficient (Wildman–Crippen LogP) is 3.93. The minimum absolute atomic E-state index is 0.0368. The van der Waals surface area contributed by atoms with Crippen LogP contribution in [-0.2, 0) is 11.3 Å². The van der Waals surface area contributed by atoms with Gasteiger partial charge in [-0.1, -0.05) is 54.6 Å². The molecule has 0 saturated heterocycles. The van der Waals surface area contributed by atoms with E-state index >= 15 is 0 Å². The Bertz CT molecular complexity index is 1010. The summed E-state index contributed by atoms with van der Waals surface area (Å²) in [6.07, 6.45) is 0. The highest BCUT2D eigenvalue weighted by atomic mass is 16.5. The summed E-state index contributed by atoms with van der Waals surface area (Å²) in [5, 5.41) is 2.81. The van der Waals surface area contributed by atoms with Gasteiger partial charge in [-0.25, -0.2) is 4.98 Å². The fourth-order valence-corrected chi connectivity index (χ4v) is 2.85. The average molecular weight is 357 g/mol. The van der Waals surface area contributed by atoms with Gasteiger partial charge < -0.3 is 15.0 Å². The summed E-state index contributed by atoms with van der Waals surface area (Å²) >= 11 is 0. The van der Waals surface area contributed by atoms with Crippen LogP contribution in [0.15, 0.2) is 78.9 Å². The maximum absolute atomic E-state index is 12.0. The number of fused-ring (bicyclic) bond motifs is 1. The van der Waals surface area contributed by atoms with E-state index in [1.165, 1.54) is 0 Å². The zero-order chi connectivity index (χ0) is 18.5. The van der Waals surface area contributed by atoms with Crippen LogP contribution in [0.25, 0.3) is 22.2 Å². The largest absolute Gasteiger partial charge is 0.484 e. The fourth-order valence-electron chi connectivity index (χ4n) is 2.85. The molecule has 27 heavy (non-hydrogen) atoms. The molecule has 0 atom stereocenters. The van der Waals surface area contributed by atoms with Crippen molar-refractivity contribution < 1.29 is 9.53 Å². The normalized spacial score (nSPS) is 10.7. The van der Waals surface area contributed by atoms with E-state index < -0.39 is 0 Å². The molecule has 0 radical (unpaired) electrons. The molecule has 0 aliphatic carbocycles. The van der Waals surface area contributed by atoms with Crippen molar-refractivity contribution in [2.24, 2.45) is 0 Å². The van der Waals surface area contributed by atoms with Crippen LogP contribution in [0.1, 0.15) is 5.82 Å². The molecule has 0 fully saturated rings. The number of ether oxygens (including phenoxy) is 1. The highest BCUT2D eigenvalue weighted by Gasteiger charge is 2.06. The summed E-state index contributed by atoms with van der Waals surface area (Å²) in [5.41, 5.74) is 4.10. The molecular formula is C22H19N3O2. The SMILES string of the molecule is O=C(COc1ccc(-c2ccccc2)cc1)NCc1nc2ccccc2[nH]1. The van der Waals surface area contributed by atoms with Gasteiger partial charge in [-0.2, -0.15) is 0 Å². The number of rotatable bonds is 6. The van der Waals surface area contributed by atoms with Gasteiger partial charge in [0.05, 0.1) is 17.6 Å². The Morgan fingerprint density at radius 1 is 0.889 bits per heavy atom. The molecule has 4 rings (SSSR count). The number of carbonyl (C=O) groups excluding carboxylic acids is 1. The molecule has 5 nitrogen and oxygen atoms in total. The summed E-state index contributed by atoms with van der Waals surface area (Å²) in [4.78, 5) is 19.6. The highest BCUT2D eigenvalue weighted by Crippen LogP contribution is 2.21. The Kier molecular flexibility index (Phi) is 4.83. The summed E-state index contributed by atoms with van der Waals surface area (Å²) in [5.74, 6) is 1.19. The van der Waals surface area contributed by atoms with Crippen LogP contribution >= 0.6 is 0 Å². The van der Waals surface area contributed by atoms with Gasteiger partial charge in [0.1, 0.15) is 11.6 Å². The Balaban J connectivity index is 1.28. The number of amides is 1. The number of nitrogens with zero attached hydrogens (tertiary/aromatic N) is 1. The zero-order valence-electron chi connectivity index (χ0n) is 14.7. The zero-order valence-corrected chi connectivity index (χ0v) is 14.7. The van der Waals surface area contributed by atoms with Crippen molar-refractivity contribution in [2.75, 3.05) is 6.61 Å². The second-order valence-corrected chi connectivity index (χ2v) is 6.16. The molecule has 0 aliphatic rings. The van der Waals surface area contributed by atoms with E-state index in [2.05, 4.69) is 27.4 Å². The Morgan fingerprint density at radius 3 is 2.37 bits per heavy atom. The number of aromatic nitrogens is 2. The van der Waals surface area contributed by atoms with Gasteiger partial charge in [0.25, 0.3) is 5.91 Å². The number of aromatic amines is 1. The third-order valence-electron chi connectivity index (χ3n) is 4.22. The van der Waals surface area contributed by atoms with Gasteiger partial charge in [-0.3, -0.25) is 4.79 Å². The van der Waals surface area contributed by atoms with Crippen molar-refractivity contribution in [3.63, 3.8) is 0 Å². The maximum Gasteiger partial charge on any atom is 0.258 e. The first-order valence-electron chi connectivity index (χ1n) is 8.76. The topological polar surface area (TPSA) is 67.0 Å². The molecule has 0 spiro atoms. The molecular weight excluding hydrogens is 338 g/mol. The molecule has 134 valence electrons. The molecule has 4 aromatic rings. The first-order chi connectivity index (χ1) is 13.3. The number of hydrogen-bond donors (Lipinski definition) is 2.